The molecule has 2 nitrogen and oxygen atoms in total. The molecule has 11 aromatic rings. The molecule has 1 atom stereocenters. The zero-order valence-electron chi connectivity index (χ0n) is 31.7. The van der Waals surface area contributed by atoms with Crippen molar-refractivity contribution in [3.8, 4) is 16.8 Å². The molecule has 58 heavy (non-hydrogen) atoms. The SMILES string of the molecule is c1ccc(C2c3ccccc3-c3cc([Si](c4ccccc4)(c4ccccc4)c4cccc(-n5c6ccccc6c6ccc7oc8ccccc8c7c65)c4)ccc32)cc1. The largest absolute Gasteiger partial charge is 0.456 e. The lowest BCUT2D eigenvalue weighted by Crippen LogP contribution is -2.74. The summed E-state index contributed by atoms with van der Waals surface area (Å²) in [5.74, 6) is 0.195. The monoisotopic (exact) mass is 755 g/mol. The highest BCUT2D eigenvalue weighted by Gasteiger charge is 2.43. The molecule has 2 heterocycles. The topological polar surface area (TPSA) is 18.1 Å². The summed E-state index contributed by atoms with van der Waals surface area (Å²) in [7, 11) is -2.96. The first-order valence-corrected chi connectivity index (χ1v) is 22.1. The quantitative estimate of drug-likeness (QED) is 0.122. The molecule has 9 aromatic carbocycles. The van der Waals surface area contributed by atoms with Crippen LogP contribution in [-0.4, -0.2) is 12.6 Å². The third-order valence-corrected chi connectivity index (χ3v) is 17.4. The van der Waals surface area contributed by atoms with Crippen molar-refractivity contribution >= 4 is 72.6 Å². The number of fused-ring (bicyclic) bond motifs is 10. The van der Waals surface area contributed by atoms with E-state index in [1.165, 1.54) is 70.4 Å². The van der Waals surface area contributed by atoms with Crippen molar-refractivity contribution in [1.29, 1.82) is 0 Å². The number of benzene rings is 9. The second-order valence-corrected chi connectivity index (χ2v) is 19.4. The van der Waals surface area contributed by atoms with E-state index in [0.29, 0.717) is 0 Å². The molecular weight excluding hydrogens is 719 g/mol. The van der Waals surface area contributed by atoms with Crippen molar-refractivity contribution < 1.29 is 4.42 Å². The molecular formula is C55H37NOSi. The van der Waals surface area contributed by atoms with Gasteiger partial charge in [-0.2, -0.15) is 0 Å². The summed E-state index contributed by atoms with van der Waals surface area (Å²) in [6.45, 7) is 0. The Morgan fingerprint density at radius 3 is 1.81 bits per heavy atom. The Hall–Kier alpha value is -7.20. The van der Waals surface area contributed by atoms with Gasteiger partial charge in [-0.25, -0.2) is 0 Å². The number of hydrogen-bond donors (Lipinski definition) is 0. The lowest BCUT2D eigenvalue weighted by atomic mass is 9.89. The van der Waals surface area contributed by atoms with E-state index in [9.17, 15) is 0 Å². The minimum atomic E-state index is -2.96. The van der Waals surface area contributed by atoms with E-state index >= 15 is 0 Å². The molecule has 0 saturated carbocycles. The molecule has 12 rings (SSSR count). The minimum Gasteiger partial charge on any atom is -0.456 e. The second kappa shape index (κ2) is 12.9. The number of furan rings is 1. The molecule has 0 bridgehead atoms. The predicted molar refractivity (Wildman–Crippen MR) is 244 cm³/mol. The number of rotatable bonds is 6. The van der Waals surface area contributed by atoms with Gasteiger partial charge in [0.1, 0.15) is 11.2 Å². The lowest BCUT2D eigenvalue weighted by Gasteiger charge is -2.35. The first kappa shape index (κ1) is 33.0. The third-order valence-electron chi connectivity index (χ3n) is 12.6. The Bertz CT molecular complexity index is 3300. The highest BCUT2D eigenvalue weighted by atomic mass is 28.3. The zero-order chi connectivity index (χ0) is 38.2. The van der Waals surface area contributed by atoms with Crippen LogP contribution in [0.15, 0.2) is 223 Å². The van der Waals surface area contributed by atoms with Gasteiger partial charge in [-0.05, 0) is 85.0 Å². The average Bonchev–Trinajstić information content (AvgIpc) is 3.95. The molecule has 0 amide bonds. The van der Waals surface area contributed by atoms with Crippen LogP contribution in [0.2, 0.25) is 0 Å². The van der Waals surface area contributed by atoms with Crippen LogP contribution >= 0.6 is 0 Å². The normalized spacial score (nSPS) is 13.7. The predicted octanol–water partition coefficient (Wildman–Crippen LogP) is 11.2. The molecule has 0 spiro atoms. The molecule has 2 aromatic heterocycles. The van der Waals surface area contributed by atoms with E-state index in [2.05, 4.69) is 223 Å². The van der Waals surface area contributed by atoms with Crippen molar-refractivity contribution in [1.82, 2.24) is 4.57 Å². The van der Waals surface area contributed by atoms with Crippen LogP contribution in [0.1, 0.15) is 22.6 Å². The number of hydrogen-bond acceptors (Lipinski definition) is 1. The van der Waals surface area contributed by atoms with Gasteiger partial charge in [0.25, 0.3) is 0 Å². The Balaban J connectivity index is 1.16. The van der Waals surface area contributed by atoms with Crippen molar-refractivity contribution in [2.45, 2.75) is 5.92 Å². The van der Waals surface area contributed by atoms with Crippen LogP contribution in [0.4, 0.5) is 0 Å². The highest BCUT2D eigenvalue weighted by molar-refractivity contribution is 7.20. The van der Waals surface area contributed by atoms with Gasteiger partial charge in [0.15, 0.2) is 8.07 Å². The Kier molecular flexibility index (Phi) is 7.35. The van der Waals surface area contributed by atoms with Crippen molar-refractivity contribution in [2.75, 3.05) is 0 Å². The zero-order valence-corrected chi connectivity index (χ0v) is 32.7. The van der Waals surface area contributed by atoms with Crippen molar-refractivity contribution in [3.63, 3.8) is 0 Å². The number of nitrogens with zero attached hydrogens (tertiary/aromatic N) is 1. The molecule has 1 aliphatic rings. The van der Waals surface area contributed by atoms with Crippen LogP contribution in [0.5, 0.6) is 0 Å². The fraction of sp³-hybridized carbons (Fsp3) is 0.0182. The summed E-state index contributed by atoms with van der Waals surface area (Å²) in [4.78, 5) is 0. The fourth-order valence-electron chi connectivity index (χ4n) is 10.2. The Morgan fingerprint density at radius 1 is 0.397 bits per heavy atom. The molecule has 0 saturated heterocycles. The molecule has 272 valence electrons. The molecule has 0 aliphatic heterocycles. The highest BCUT2D eigenvalue weighted by Crippen LogP contribution is 2.48. The molecule has 0 N–H and O–H groups in total. The van der Waals surface area contributed by atoms with Gasteiger partial charge in [0.2, 0.25) is 0 Å². The molecule has 0 radical (unpaired) electrons. The maximum Gasteiger partial charge on any atom is 0.179 e. The van der Waals surface area contributed by atoms with Crippen LogP contribution in [-0.2, 0) is 0 Å². The van der Waals surface area contributed by atoms with E-state index in [4.69, 9.17) is 4.42 Å². The Labute approximate surface area is 337 Å². The molecule has 1 aliphatic carbocycles. The smallest absolute Gasteiger partial charge is 0.179 e. The van der Waals surface area contributed by atoms with Crippen LogP contribution in [0, 0.1) is 0 Å². The first-order valence-electron chi connectivity index (χ1n) is 20.1. The minimum absolute atomic E-state index is 0.195. The number of para-hydroxylation sites is 2. The summed E-state index contributed by atoms with van der Waals surface area (Å²) in [5, 5.41) is 10.2. The first-order chi connectivity index (χ1) is 28.8. The standard InChI is InChI=1S/C55H37NOSi/c1-4-17-37(18-5-1)53-45-27-11-10-25-43(45)49-36-42(31-32-46(49)53)58(39-20-6-2-7-21-39,40-22-8-3-9-23-40)41-24-16-19-38(35-41)56-50-29-14-12-26-44(50)47-33-34-52-54(55(47)56)48-28-13-15-30-51(48)57-52/h1-36,53H. The maximum atomic E-state index is 6.49. The summed E-state index contributed by atoms with van der Waals surface area (Å²) in [5.41, 5.74) is 12.0. The van der Waals surface area contributed by atoms with Crippen LogP contribution < -0.4 is 20.7 Å². The van der Waals surface area contributed by atoms with Crippen molar-refractivity contribution in [3.05, 3.63) is 235 Å². The molecule has 3 heteroatoms. The summed E-state index contributed by atoms with van der Waals surface area (Å²) in [6.07, 6.45) is 0. The van der Waals surface area contributed by atoms with Gasteiger partial charge in [0.05, 0.1) is 16.4 Å². The van der Waals surface area contributed by atoms with Gasteiger partial charge < -0.3 is 8.98 Å². The maximum absolute atomic E-state index is 6.49. The molecule has 0 fully saturated rings. The van der Waals surface area contributed by atoms with E-state index < -0.39 is 8.07 Å². The van der Waals surface area contributed by atoms with Gasteiger partial charge >= 0.3 is 0 Å². The average molecular weight is 756 g/mol. The second-order valence-electron chi connectivity index (χ2n) is 15.6. The van der Waals surface area contributed by atoms with Gasteiger partial charge in [-0.3, -0.25) is 0 Å². The van der Waals surface area contributed by atoms with Gasteiger partial charge in [-0.15, -0.1) is 0 Å². The van der Waals surface area contributed by atoms with Crippen molar-refractivity contribution in [2.24, 2.45) is 0 Å². The van der Waals surface area contributed by atoms with E-state index in [0.717, 1.165) is 27.6 Å². The lowest BCUT2D eigenvalue weighted by molar-refractivity contribution is 0.669. The van der Waals surface area contributed by atoms with E-state index in [-0.39, 0.29) is 5.92 Å². The van der Waals surface area contributed by atoms with Crippen LogP contribution in [0.25, 0.3) is 60.6 Å². The van der Waals surface area contributed by atoms with E-state index in [1.54, 1.807) is 0 Å². The fourth-order valence-corrected chi connectivity index (χ4v) is 15.0. The van der Waals surface area contributed by atoms with Gasteiger partial charge in [-0.1, -0.05) is 182 Å². The third kappa shape index (κ3) is 4.71. The molecule has 1 unspecified atom stereocenters. The summed E-state index contributed by atoms with van der Waals surface area (Å²) in [6, 6.07) is 81.1. The summed E-state index contributed by atoms with van der Waals surface area (Å²) >= 11 is 0. The van der Waals surface area contributed by atoms with Crippen LogP contribution in [0.3, 0.4) is 0 Å². The summed E-state index contributed by atoms with van der Waals surface area (Å²) < 4.78 is 8.97. The van der Waals surface area contributed by atoms with E-state index in [1.807, 2.05) is 0 Å². The number of aromatic nitrogens is 1. The Morgan fingerprint density at radius 2 is 1.02 bits per heavy atom. The van der Waals surface area contributed by atoms with Gasteiger partial charge in [0, 0.05) is 27.8 Å².